The minimum Gasteiger partial charge on any atom is -0.385 e. The maximum atomic E-state index is 11.8. The van der Waals surface area contributed by atoms with Gasteiger partial charge in [0.2, 0.25) is 5.91 Å². The Morgan fingerprint density at radius 1 is 0.950 bits per heavy atom. The van der Waals surface area contributed by atoms with Crippen LogP contribution in [0.15, 0.2) is 48.5 Å². The summed E-state index contributed by atoms with van der Waals surface area (Å²) in [7, 11) is 0. The second kappa shape index (κ2) is 7.17. The largest absolute Gasteiger partial charge is 0.385 e. The van der Waals surface area contributed by atoms with E-state index >= 15 is 0 Å². The number of amides is 1. The van der Waals surface area contributed by atoms with E-state index in [0.29, 0.717) is 28.7 Å². The zero-order valence-electron chi connectivity index (χ0n) is 10.7. The lowest BCUT2D eigenvalue weighted by Crippen LogP contribution is -2.16. The zero-order chi connectivity index (χ0) is 14.4. The molecule has 0 saturated heterocycles. The van der Waals surface area contributed by atoms with Crippen molar-refractivity contribution in [3.8, 4) is 0 Å². The quantitative estimate of drug-likeness (QED) is 0.857. The minimum atomic E-state index is -0.136. The number of para-hydroxylation sites is 2. The van der Waals surface area contributed by atoms with Crippen LogP contribution in [0, 0.1) is 0 Å². The molecule has 0 radical (unpaired) electrons. The van der Waals surface area contributed by atoms with Crippen molar-refractivity contribution in [2.75, 3.05) is 17.2 Å². The molecular weight excluding hydrogens is 295 g/mol. The topological polar surface area (TPSA) is 41.1 Å². The van der Waals surface area contributed by atoms with Crippen molar-refractivity contribution in [2.24, 2.45) is 0 Å². The summed E-state index contributed by atoms with van der Waals surface area (Å²) >= 11 is 12.0. The van der Waals surface area contributed by atoms with E-state index in [0.717, 1.165) is 5.69 Å². The maximum Gasteiger partial charge on any atom is 0.226 e. The number of halogens is 2. The molecule has 104 valence electrons. The van der Waals surface area contributed by atoms with Gasteiger partial charge in [0.1, 0.15) is 0 Å². The Morgan fingerprint density at radius 2 is 1.60 bits per heavy atom. The summed E-state index contributed by atoms with van der Waals surface area (Å²) in [6, 6.07) is 14.8. The second-order valence-electron chi connectivity index (χ2n) is 4.19. The van der Waals surface area contributed by atoms with Crippen molar-refractivity contribution in [3.05, 3.63) is 58.6 Å². The van der Waals surface area contributed by atoms with Crippen LogP contribution in [0.2, 0.25) is 10.0 Å². The van der Waals surface area contributed by atoms with Crippen molar-refractivity contribution in [1.29, 1.82) is 0 Å². The molecule has 0 heterocycles. The highest BCUT2D eigenvalue weighted by Gasteiger charge is 2.09. The van der Waals surface area contributed by atoms with Gasteiger partial charge in [-0.05, 0) is 24.3 Å². The van der Waals surface area contributed by atoms with Crippen LogP contribution in [0.3, 0.4) is 0 Å². The molecule has 2 aromatic rings. The van der Waals surface area contributed by atoms with Gasteiger partial charge < -0.3 is 10.6 Å². The van der Waals surface area contributed by atoms with Crippen molar-refractivity contribution in [1.82, 2.24) is 0 Å². The van der Waals surface area contributed by atoms with Gasteiger partial charge in [0, 0.05) is 18.7 Å². The molecule has 0 aliphatic rings. The van der Waals surface area contributed by atoms with Gasteiger partial charge in [0.15, 0.2) is 0 Å². The molecule has 0 fully saturated rings. The fraction of sp³-hybridized carbons (Fsp3) is 0.133. The fourth-order valence-electron chi connectivity index (χ4n) is 1.70. The third-order valence-electron chi connectivity index (χ3n) is 2.68. The predicted molar refractivity (Wildman–Crippen MR) is 84.6 cm³/mol. The van der Waals surface area contributed by atoms with E-state index in [2.05, 4.69) is 10.6 Å². The number of carbonyl (C=O) groups is 1. The predicted octanol–water partition coefficient (Wildman–Crippen LogP) is 4.43. The Bertz CT molecular complexity index is 567. The van der Waals surface area contributed by atoms with Gasteiger partial charge in [0.05, 0.1) is 15.7 Å². The summed E-state index contributed by atoms with van der Waals surface area (Å²) in [6.45, 7) is 0.540. The average Bonchev–Trinajstić information content (AvgIpc) is 2.44. The van der Waals surface area contributed by atoms with Gasteiger partial charge in [-0.3, -0.25) is 4.79 Å². The Labute approximate surface area is 127 Å². The van der Waals surface area contributed by atoms with Crippen LogP contribution in [0.5, 0.6) is 0 Å². The Balaban J connectivity index is 1.84. The van der Waals surface area contributed by atoms with Crippen molar-refractivity contribution in [2.45, 2.75) is 6.42 Å². The summed E-state index contributed by atoms with van der Waals surface area (Å²) in [6.07, 6.45) is 0.330. The third kappa shape index (κ3) is 4.15. The van der Waals surface area contributed by atoms with E-state index in [9.17, 15) is 4.79 Å². The standard InChI is InChI=1S/C15H14Cl2N2O/c16-12-7-4-8-13(17)15(12)19-14(20)9-10-18-11-5-2-1-3-6-11/h1-8,18H,9-10H2,(H,19,20). The number of hydrogen-bond acceptors (Lipinski definition) is 2. The normalized spacial score (nSPS) is 10.1. The molecule has 3 nitrogen and oxygen atoms in total. The molecule has 2 aromatic carbocycles. The van der Waals surface area contributed by atoms with E-state index in [1.54, 1.807) is 18.2 Å². The second-order valence-corrected chi connectivity index (χ2v) is 5.00. The molecule has 0 spiro atoms. The molecule has 2 N–H and O–H groups in total. The molecule has 0 saturated carbocycles. The summed E-state index contributed by atoms with van der Waals surface area (Å²) < 4.78 is 0. The first-order valence-electron chi connectivity index (χ1n) is 6.19. The van der Waals surface area contributed by atoms with Gasteiger partial charge in [0.25, 0.3) is 0 Å². The number of rotatable bonds is 5. The SMILES string of the molecule is O=C(CCNc1ccccc1)Nc1c(Cl)cccc1Cl. The molecule has 5 heteroatoms. The maximum absolute atomic E-state index is 11.8. The average molecular weight is 309 g/mol. The first kappa shape index (κ1) is 14.7. The van der Waals surface area contributed by atoms with Gasteiger partial charge in [-0.15, -0.1) is 0 Å². The highest BCUT2D eigenvalue weighted by atomic mass is 35.5. The van der Waals surface area contributed by atoms with E-state index < -0.39 is 0 Å². The smallest absolute Gasteiger partial charge is 0.226 e. The molecule has 0 unspecified atom stereocenters. The van der Waals surface area contributed by atoms with Crippen LogP contribution < -0.4 is 10.6 Å². The third-order valence-corrected chi connectivity index (χ3v) is 3.31. The first-order chi connectivity index (χ1) is 9.66. The van der Waals surface area contributed by atoms with Gasteiger partial charge in [-0.2, -0.15) is 0 Å². The van der Waals surface area contributed by atoms with Gasteiger partial charge >= 0.3 is 0 Å². The van der Waals surface area contributed by atoms with Crippen LogP contribution >= 0.6 is 23.2 Å². The molecule has 2 rings (SSSR count). The molecule has 20 heavy (non-hydrogen) atoms. The summed E-state index contributed by atoms with van der Waals surface area (Å²) in [5, 5.41) is 6.75. The highest BCUT2D eigenvalue weighted by molar-refractivity contribution is 6.39. The zero-order valence-corrected chi connectivity index (χ0v) is 12.2. The van der Waals surface area contributed by atoms with E-state index in [-0.39, 0.29) is 5.91 Å². The van der Waals surface area contributed by atoms with Crippen molar-refractivity contribution in [3.63, 3.8) is 0 Å². The first-order valence-corrected chi connectivity index (χ1v) is 6.95. The Kier molecular flexibility index (Phi) is 5.27. The summed E-state index contributed by atoms with van der Waals surface area (Å²) in [5.74, 6) is -0.136. The van der Waals surface area contributed by atoms with Gasteiger partial charge in [-0.1, -0.05) is 47.5 Å². The lowest BCUT2D eigenvalue weighted by molar-refractivity contribution is -0.115. The number of anilines is 2. The molecule has 0 bridgehead atoms. The molecule has 1 amide bonds. The van der Waals surface area contributed by atoms with E-state index in [1.807, 2.05) is 30.3 Å². The number of carbonyl (C=O) groups excluding carboxylic acids is 1. The lowest BCUT2D eigenvalue weighted by atomic mass is 10.3. The van der Waals surface area contributed by atoms with Crippen molar-refractivity contribution < 1.29 is 4.79 Å². The molecule has 0 aromatic heterocycles. The van der Waals surface area contributed by atoms with Crippen LogP contribution in [-0.2, 0) is 4.79 Å². The van der Waals surface area contributed by atoms with Crippen LogP contribution in [0.1, 0.15) is 6.42 Å². The molecular formula is C15H14Cl2N2O. The Hall–Kier alpha value is -1.71. The van der Waals surface area contributed by atoms with Crippen LogP contribution in [0.25, 0.3) is 0 Å². The van der Waals surface area contributed by atoms with E-state index in [4.69, 9.17) is 23.2 Å². The number of hydrogen-bond donors (Lipinski definition) is 2. The van der Waals surface area contributed by atoms with E-state index in [1.165, 1.54) is 0 Å². The van der Waals surface area contributed by atoms with Crippen LogP contribution in [-0.4, -0.2) is 12.5 Å². The monoisotopic (exact) mass is 308 g/mol. The summed E-state index contributed by atoms with van der Waals surface area (Å²) in [5.41, 5.74) is 1.44. The Morgan fingerprint density at radius 3 is 2.25 bits per heavy atom. The molecule has 0 aliphatic carbocycles. The molecule has 0 aliphatic heterocycles. The fourth-order valence-corrected chi connectivity index (χ4v) is 2.19. The number of nitrogens with one attached hydrogen (secondary N) is 2. The van der Waals surface area contributed by atoms with Crippen LogP contribution in [0.4, 0.5) is 11.4 Å². The summed E-state index contributed by atoms with van der Waals surface area (Å²) in [4.78, 5) is 11.8. The highest BCUT2D eigenvalue weighted by Crippen LogP contribution is 2.29. The van der Waals surface area contributed by atoms with Crippen molar-refractivity contribution >= 4 is 40.5 Å². The molecule has 0 atom stereocenters. The minimum absolute atomic E-state index is 0.136. The number of benzene rings is 2. The lowest BCUT2D eigenvalue weighted by Gasteiger charge is -2.10. The van der Waals surface area contributed by atoms with Gasteiger partial charge in [-0.25, -0.2) is 0 Å².